The van der Waals surface area contributed by atoms with Crippen molar-refractivity contribution in [2.75, 3.05) is 0 Å². The van der Waals surface area contributed by atoms with Gasteiger partial charge in [0.15, 0.2) is 0 Å². The van der Waals surface area contributed by atoms with E-state index in [0.717, 1.165) is 0 Å². The summed E-state index contributed by atoms with van der Waals surface area (Å²) in [6, 6.07) is 23.7. The number of carbonyl (C=O) groups is 2. The quantitative estimate of drug-likeness (QED) is 0.218. The summed E-state index contributed by atoms with van der Waals surface area (Å²) in [6.07, 6.45) is 1.48. The smallest absolute Gasteiger partial charge is 0.296 e. The number of hydrogen-bond acceptors (Lipinski definition) is 5. The van der Waals surface area contributed by atoms with Crippen molar-refractivity contribution in [2.45, 2.75) is 12.6 Å². The zero-order valence-corrected chi connectivity index (χ0v) is 18.4. The Bertz CT molecular complexity index is 1400. The fraction of sp³-hybridized carbons (Fsp3) is 0.0714. The van der Waals surface area contributed by atoms with E-state index in [-0.39, 0.29) is 23.4 Å². The van der Waals surface area contributed by atoms with Crippen molar-refractivity contribution >= 4 is 17.4 Å². The molecule has 1 fully saturated rings. The molecule has 2 heterocycles. The molecule has 4 aromatic rings. The average molecular weight is 469 g/mol. The Kier molecular flexibility index (Phi) is 5.89. The van der Waals surface area contributed by atoms with Crippen molar-refractivity contribution in [3.8, 4) is 11.5 Å². The summed E-state index contributed by atoms with van der Waals surface area (Å²) >= 11 is 0. The van der Waals surface area contributed by atoms with Crippen LogP contribution in [0.15, 0.2) is 107 Å². The maximum Gasteiger partial charge on any atom is 0.296 e. The van der Waals surface area contributed by atoms with Crippen LogP contribution < -0.4 is 4.74 Å². The Labute approximate surface area is 200 Å². The maximum absolute atomic E-state index is 13.5. The highest BCUT2D eigenvalue weighted by Crippen LogP contribution is 2.41. The van der Waals surface area contributed by atoms with Crippen molar-refractivity contribution in [1.29, 1.82) is 0 Å². The summed E-state index contributed by atoms with van der Waals surface area (Å²) in [5.74, 6) is -0.871. The second-order valence-corrected chi connectivity index (χ2v) is 8.00. The van der Waals surface area contributed by atoms with Crippen molar-refractivity contribution in [3.05, 3.63) is 126 Å². The second kappa shape index (κ2) is 9.30. The lowest BCUT2D eigenvalue weighted by molar-refractivity contribution is -0.140. The molecule has 1 aliphatic heterocycles. The fourth-order valence-electron chi connectivity index (χ4n) is 4.10. The highest BCUT2D eigenvalue weighted by molar-refractivity contribution is 6.46. The molecule has 0 radical (unpaired) electrons. The first-order valence-corrected chi connectivity index (χ1v) is 10.9. The number of furan rings is 1. The van der Waals surface area contributed by atoms with Crippen LogP contribution in [-0.4, -0.2) is 21.7 Å². The molecule has 1 unspecified atom stereocenters. The van der Waals surface area contributed by atoms with Gasteiger partial charge in [0.25, 0.3) is 11.7 Å². The van der Waals surface area contributed by atoms with Crippen LogP contribution in [0.1, 0.15) is 22.9 Å². The molecule has 7 heteroatoms. The van der Waals surface area contributed by atoms with Gasteiger partial charge in [0, 0.05) is 5.56 Å². The summed E-state index contributed by atoms with van der Waals surface area (Å²) in [5.41, 5.74) is 0.696. The van der Waals surface area contributed by atoms with Gasteiger partial charge < -0.3 is 19.2 Å². The molecule has 174 valence electrons. The van der Waals surface area contributed by atoms with Gasteiger partial charge >= 0.3 is 0 Å². The van der Waals surface area contributed by atoms with Gasteiger partial charge in [-0.05, 0) is 66.2 Å². The Morgan fingerprint density at radius 3 is 2.37 bits per heavy atom. The minimum Gasteiger partial charge on any atom is -0.507 e. The molecule has 0 saturated carbocycles. The Balaban J connectivity index is 1.61. The summed E-state index contributed by atoms with van der Waals surface area (Å²) < 4.78 is 24.8. The fourth-order valence-corrected chi connectivity index (χ4v) is 4.10. The molecule has 0 aliphatic carbocycles. The van der Waals surface area contributed by atoms with Crippen LogP contribution in [0.5, 0.6) is 11.5 Å². The van der Waals surface area contributed by atoms with Crippen LogP contribution in [0.25, 0.3) is 5.76 Å². The number of ketones is 1. The molecule has 1 atom stereocenters. The molecule has 1 saturated heterocycles. The van der Waals surface area contributed by atoms with Crippen molar-refractivity contribution in [1.82, 2.24) is 4.90 Å². The normalized spacial score (nSPS) is 17.1. The van der Waals surface area contributed by atoms with Crippen molar-refractivity contribution in [3.63, 3.8) is 0 Å². The summed E-state index contributed by atoms with van der Waals surface area (Å²) in [5, 5.41) is 11.1. The molecule has 6 nitrogen and oxygen atoms in total. The number of rotatable bonds is 6. The van der Waals surface area contributed by atoms with E-state index in [1.54, 1.807) is 36.4 Å². The van der Waals surface area contributed by atoms with Crippen LogP contribution in [-0.2, 0) is 16.1 Å². The van der Waals surface area contributed by atoms with E-state index >= 15 is 0 Å². The Morgan fingerprint density at radius 2 is 1.66 bits per heavy atom. The van der Waals surface area contributed by atoms with E-state index in [1.807, 2.05) is 30.3 Å². The minimum absolute atomic E-state index is 0.0200. The number of likely N-dealkylation sites (tertiary alicyclic amines) is 1. The maximum atomic E-state index is 13.5. The first-order chi connectivity index (χ1) is 17.0. The number of amides is 1. The van der Waals surface area contributed by atoms with E-state index < -0.39 is 23.5 Å². The molecule has 1 N–H and O–H groups in total. The van der Waals surface area contributed by atoms with E-state index in [0.29, 0.717) is 22.8 Å². The molecule has 5 rings (SSSR count). The van der Waals surface area contributed by atoms with Gasteiger partial charge in [-0.25, -0.2) is 4.39 Å². The van der Waals surface area contributed by atoms with Gasteiger partial charge in [0.1, 0.15) is 28.8 Å². The number of benzene rings is 3. The molecule has 1 aromatic heterocycles. The summed E-state index contributed by atoms with van der Waals surface area (Å²) in [7, 11) is 0. The second-order valence-electron chi connectivity index (χ2n) is 8.00. The zero-order chi connectivity index (χ0) is 24.4. The lowest BCUT2D eigenvalue weighted by atomic mass is 9.95. The minimum atomic E-state index is -0.913. The van der Waals surface area contributed by atoms with Gasteiger partial charge in [0.05, 0.1) is 24.4 Å². The molecular formula is C28H20FNO5. The number of halogens is 1. The number of para-hydroxylation sites is 1. The third-order valence-corrected chi connectivity index (χ3v) is 5.72. The molecule has 0 spiro atoms. The molecule has 1 aliphatic rings. The number of aliphatic hydroxyl groups is 1. The average Bonchev–Trinajstić information content (AvgIpc) is 3.47. The van der Waals surface area contributed by atoms with Crippen LogP contribution >= 0.6 is 0 Å². The Morgan fingerprint density at radius 1 is 0.914 bits per heavy atom. The Hall–Kier alpha value is -4.65. The van der Waals surface area contributed by atoms with Crippen molar-refractivity contribution in [2.24, 2.45) is 0 Å². The molecule has 0 bridgehead atoms. The van der Waals surface area contributed by atoms with E-state index in [1.165, 1.54) is 35.4 Å². The largest absolute Gasteiger partial charge is 0.507 e. The zero-order valence-electron chi connectivity index (χ0n) is 18.4. The number of Topliss-reactive ketones (excluding diaryl/α,β-unsaturated/α-hetero) is 1. The molecule has 35 heavy (non-hydrogen) atoms. The predicted octanol–water partition coefficient (Wildman–Crippen LogP) is 5.83. The number of hydrogen-bond donors (Lipinski definition) is 1. The van der Waals surface area contributed by atoms with Crippen molar-refractivity contribution < 1.29 is 28.2 Å². The predicted molar refractivity (Wildman–Crippen MR) is 126 cm³/mol. The SMILES string of the molecule is O=C1C(=O)N(Cc2ccco2)C(c2cccc(Oc3ccccc3)c2)/C1=C(\O)c1ccc(F)cc1. The molecular weight excluding hydrogens is 449 g/mol. The summed E-state index contributed by atoms with van der Waals surface area (Å²) in [4.78, 5) is 27.6. The van der Waals surface area contributed by atoms with Gasteiger partial charge in [-0.1, -0.05) is 30.3 Å². The third kappa shape index (κ3) is 4.44. The van der Waals surface area contributed by atoms with E-state index in [9.17, 15) is 19.1 Å². The van der Waals surface area contributed by atoms with Crippen LogP contribution in [0, 0.1) is 5.82 Å². The van der Waals surface area contributed by atoms with Gasteiger partial charge in [-0.15, -0.1) is 0 Å². The van der Waals surface area contributed by atoms with Crippen LogP contribution in [0.4, 0.5) is 4.39 Å². The number of nitrogens with zero attached hydrogens (tertiary/aromatic N) is 1. The lowest BCUT2D eigenvalue weighted by Crippen LogP contribution is -2.29. The standard InChI is InChI=1S/C28H20FNO5/c29-20-13-11-18(12-14-20)26(31)24-25(30(28(33)27(24)32)17-23-10-5-15-34-23)19-6-4-9-22(16-19)35-21-7-2-1-3-8-21/h1-16,25,31H,17H2/b26-24+. The lowest BCUT2D eigenvalue weighted by Gasteiger charge is -2.25. The van der Waals surface area contributed by atoms with E-state index in [2.05, 4.69) is 0 Å². The molecule has 3 aromatic carbocycles. The first kappa shape index (κ1) is 22.2. The monoisotopic (exact) mass is 469 g/mol. The molecule has 1 amide bonds. The third-order valence-electron chi connectivity index (χ3n) is 5.72. The summed E-state index contributed by atoms with van der Waals surface area (Å²) in [6.45, 7) is 0.0200. The first-order valence-electron chi connectivity index (χ1n) is 10.9. The van der Waals surface area contributed by atoms with Gasteiger partial charge in [-0.2, -0.15) is 0 Å². The van der Waals surface area contributed by atoms with Gasteiger partial charge in [0.2, 0.25) is 0 Å². The van der Waals surface area contributed by atoms with Gasteiger partial charge in [-0.3, -0.25) is 9.59 Å². The topological polar surface area (TPSA) is 80.0 Å². The highest BCUT2D eigenvalue weighted by Gasteiger charge is 2.46. The van der Waals surface area contributed by atoms with E-state index in [4.69, 9.17) is 9.15 Å². The van der Waals surface area contributed by atoms with Crippen LogP contribution in [0.3, 0.4) is 0 Å². The number of ether oxygens (including phenoxy) is 1. The van der Waals surface area contributed by atoms with Crippen LogP contribution in [0.2, 0.25) is 0 Å². The highest BCUT2D eigenvalue weighted by atomic mass is 19.1. The number of carbonyl (C=O) groups excluding carboxylic acids is 2. The number of aliphatic hydroxyl groups excluding tert-OH is 1.